The molecular weight excluding hydrogens is 327 g/mol. The van der Waals surface area contributed by atoms with Crippen molar-refractivity contribution in [3.63, 3.8) is 0 Å². The van der Waals surface area contributed by atoms with Crippen LogP contribution in [-0.4, -0.2) is 13.6 Å². The summed E-state index contributed by atoms with van der Waals surface area (Å²) in [5.74, 6) is -1.25. The Hall–Kier alpha value is -1.06. The fourth-order valence-corrected chi connectivity index (χ4v) is 3.97. The van der Waals surface area contributed by atoms with Gasteiger partial charge in [0.15, 0.2) is 0 Å². The Balaban J connectivity index is 2.47. The SMILES string of the molecule is Cc1sc(-c2cc(C(F)(F)F)on2)cc1S(=O)(=O)Cl. The predicted octanol–water partition coefficient (Wildman–Crippen LogP) is 3.66. The zero-order chi connectivity index (χ0) is 14.4. The van der Waals surface area contributed by atoms with Crippen LogP contribution in [0.25, 0.3) is 10.6 Å². The van der Waals surface area contributed by atoms with E-state index in [0.29, 0.717) is 10.9 Å². The lowest BCUT2D eigenvalue weighted by Gasteiger charge is -1.97. The van der Waals surface area contributed by atoms with Gasteiger partial charge in [-0.25, -0.2) is 8.42 Å². The molecule has 0 atom stereocenters. The molecule has 4 nitrogen and oxygen atoms in total. The molecule has 2 rings (SSSR count). The van der Waals surface area contributed by atoms with Gasteiger partial charge in [0, 0.05) is 21.6 Å². The van der Waals surface area contributed by atoms with E-state index >= 15 is 0 Å². The first-order valence-corrected chi connectivity index (χ1v) is 7.81. The molecule has 0 aromatic carbocycles. The van der Waals surface area contributed by atoms with Gasteiger partial charge in [0.05, 0.1) is 9.77 Å². The normalized spacial score (nSPS) is 12.9. The van der Waals surface area contributed by atoms with Crippen molar-refractivity contribution in [2.45, 2.75) is 18.0 Å². The van der Waals surface area contributed by atoms with E-state index in [1.54, 1.807) is 0 Å². The maximum absolute atomic E-state index is 12.3. The highest BCUT2D eigenvalue weighted by atomic mass is 35.7. The molecule has 104 valence electrons. The van der Waals surface area contributed by atoms with Gasteiger partial charge in [-0.15, -0.1) is 11.3 Å². The Labute approximate surface area is 114 Å². The number of aryl methyl sites for hydroxylation is 1. The van der Waals surface area contributed by atoms with Crippen LogP contribution in [0.2, 0.25) is 0 Å². The van der Waals surface area contributed by atoms with Crippen molar-refractivity contribution in [2.24, 2.45) is 0 Å². The number of rotatable bonds is 2. The topological polar surface area (TPSA) is 60.2 Å². The van der Waals surface area contributed by atoms with E-state index in [1.165, 1.54) is 13.0 Å². The minimum atomic E-state index is -4.64. The molecule has 0 aliphatic heterocycles. The monoisotopic (exact) mass is 331 g/mol. The number of hydrogen-bond acceptors (Lipinski definition) is 5. The van der Waals surface area contributed by atoms with Crippen molar-refractivity contribution in [3.05, 3.63) is 22.8 Å². The summed E-state index contributed by atoms with van der Waals surface area (Å²) in [4.78, 5) is 0.447. The second-order valence-electron chi connectivity index (χ2n) is 3.54. The summed E-state index contributed by atoms with van der Waals surface area (Å²) in [5, 5.41) is 3.27. The van der Waals surface area contributed by atoms with E-state index in [9.17, 15) is 21.6 Å². The highest BCUT2D eigenvalue weighted by Gasteiger charge is 2.36. The highest BCUT2D eigenvalue weighted by molar-refractivity contribution is 8.13. The fourth-order valence-electron chi connectivity index (χ4n) is 1.36. The Morgan fingerprint density at radius 2 is 2.00 bits per heavy atom. The van der Waals surface area contributed by atoms with Crippen LogP contribution in [0.1, 0.15) is 10.6 Å². The lowest BCUT2D eigenvalue weighted by Crippen LogP contribution is -2.01. The zero-order valence-electron chi connectivity index (χ0n) is 9.16. The molecule has 0 unspecified atom stereocenters. The third-order valence-electron chi connectivity index (χ3n) is 2.18. The van der Waals surface area contributed by atoms with E-state index in [0.717, 1.165) is 11.3 Å². The minimum Gasteiger partial charge on any atom is -0.351 e. The van der Waals surface area contributed by atoms with Gasteiger partial charge in [0.2, 0.25) is 5.76 Å². The average Bonchev–Trinajstić information content (AvgIpc) is 2.79. The van der Waals surface area contributed by atoms with Crippen LogP contribution in [-0.2, 0) is 15.2 Å². The number of alkyl halides is 3. The molecule has 2 heterocycles. The van der Waals surface area contributed by atoms with Crippen LogP contribution in [0.5, 0.6) is 0 Å². The molecule has 2 aromatic heterocycles. The van der Waals surface area contributed by atoms with Crippen LogP contribution in [0.4, 0.5) is 13.2 Å². The summed E-state index contributed by atoms with van der Waals surface area (Å²) in [6, 6.07) is 1.87. The van der Waals surface area contributed by atoms with Crippen LogP contribution in [0.3, 0.4) is 0 Å². The largest absolute Gasteiger partial charge is 0.452 e. The molecular formula is C9H5ClF3NO3S2. The second-order valence-corrected chi connectivity index (χ2v) is 7.33. The van der Waals surface area contributed by atoms with Gasteiger partial charge < -0.3 is 4.52 Å². The Kier molecular flexibility index (Phi) is 3.40. The van der Waals surface area contributed by atoms with E-state index in [1.807, 2.05) is 0 Å². The molecule has 19 heavy (non-hydrogen) atoms. The first kappa shape index (κ1) is 14.4. The number of nitrogens with zero attached hydrogens (tertiary/aromatic N) is 1. The third kappa shape index (κ3) is 2.93. The molecule has 0 fully saturated rings. The molecule has 10 heteroatoms. The van der Waals surface area contributed by atoms with Crippen molar-refractivity contribution >= 4 is 31.1 Å². The smallest absolute Gasteiger partial charge is 0.351 e. The first-order chi connectivity index (χ1) is 8.59. The van der Waals surface area contributed by atoms with Gasteiger partial charge in [-0.1, -0.05) is 5.16 Å². The van der Waals surface area contributed by atoms with Crippen LogP contribution >= 0.6 is 22.0 Å². The Morgan fingerprint density at radius 1 is 1.37 bits per heavy atom. The number of aromatic nitrogens is 1. The zero-order valence-corrected chi connectivity index (χ0v) is 11.5. The lowest BCUT2D eigenvalue weighted by atomic mass is 10.3. The Morgan fingerprint density at radius 3 is 2.42 bits per heavy atom. The fraction of sp³-hybridized carbons (Fsp3) is 0.222. The summed E-state index contributed by atoms with van der Waals surface area (Å²) in [5.41, 5.74) is -0.0907. The summed E-state index contributed by atoms with van der Waals surface area (Å²) in [6.45, 7) is 1.49. The van der Waals surface area contributed by atoms with E-state index in [-0.39, 0.29) is 15.5 Å². The van der Waals surface area contributed by atoms with Crippen LogP contribution in [0.15, 0.2) is 21.6 Å². The minimum absolute atomic E-state index is 0.0907. The average molecular weight is 332 g/mol. The Bertz CT molecular complexity index is 717. The molecule has 0 spiro atoms. The highest BCUT2D eigenvalue weighted by Crippen LogP contribution is 2.37. The van der Waals surface area contributed by atoms with E-state index < -0.39 is 21.0 Å². The number of halogens is 4. The lowest BCUT2D eigenvalue weighted by molar-refractivity contribution is -0.155. The van der Waals surface area contributed by atoms with Crippen molar-refractivity contribution in [2.75, 3.05) is 0 Å². The quantitative estimate of drug-likeness (QED) is 0.788. The maximum atomic E-state index is 12.3. The predicted molar refractivity (Wildman–Crippen MR) is 62.6 cm³/mol. The summed E-state index contributed by atoms with van der Waals surface area (Å²) in [6.07, 6.45) is -4.64. The van der Waals surface area contributed by atoms with Crippen molar-refractivity contribution in [1.29, 1.82) is 0 Å². The molecule has 0 saturated carbocycles. The molecule has 0 amide bonds. The first-order valence-electron chi connectivity index (χ1n) is 4.68. The summed E-state index contributed by atoms with van der Waals surface area (Å²) in [7, 11) is 1.26. The number of hydrogen-bond donors (Lipinski definition) is 0. The second kappa shape index (κ2) is 4.50. The molecule has 0 radical (unpaired) electrons. The molecule has 0 aliphatic carbocycles. The van der Waals surface area contributed by atoms with Gasteiger partial charge in [-0.2, -0.15) is 13.2 Å². The molecule has 0 bridgehead atoms. The van der Waals surface area contributed by atoms with Gasteiger partial charge in [-0.05, 0) is 13.0 Å². The summed E-state index contributed by atoms with van der Waals surface area (Å²) >= 11 is 0.965. The van der Waals surface area contributed by atoms with Gasteiger partial charge in [0.25, 0.3) is 9.05 Å². The van der Waals surface area contributed by atoms with Crippen molar-refractivity contribution in [1.82, 2.24) is 5.16 Å². The standard InChI is InChI=1S/C9H5ClF3NO3S2/c1-4-7(19(10,15)16)3-6(18-4)5-2-8(17-14-5)9(11,12)13/h2-3H,1H3. The van der Waals surface area contributed by atoms with E-state index in [2.05, 4.69) is 9.68 Å². The van der Waals surface area contributed by atoms with Gasteiger partial charge >= 0.3 is 6.18 Å². The summed E-state index contributed by atoms with van der Waals surface area (Å²) < 4.78 is 63.6. The number of thiophene rings is 1. The van der Waals surface area contributed by atoms with Crippen LogP contribution in [0, 0.1) is 6.92 Å². The molecule has 0 aliphatic rings. The molecule has 0 saturated heterocycles. The maximum Gasteiger partial charge on any atom is 0.452 e. The van der Waals surface area contributed by atoms with E-state index in [4.69, 9.17) is 10.7 Å². The molecule has 2 aromatic rings. The van der Waals surface area contributed by atoms with Gasteiger partial charge in [0.1, 0.15) is 5.69 Å². The van der Waals surface area contributed by atoms with Crippen LogP contribution < -0.4 is 0 Å². The van der Waals surface area contributed by atoms with Crippen molar-refractivity contribution < 1.29 is 26.1 Å². The van der Waals surface area contributed by atoms with Crippen molar-refractivity contribution in [3.8, 4) is 10.6 Å². The third-order valence-corrected chi connectivity index (χ3v) is 4.83. The molecule has 0 N–H and O–H groups in total. The van der Waals surface area contributed by atoms with Gasteiger partial charge in [-0.3, -0.25) is 0 Å².